The Labute approximate surface area is 193 Å². The van der Waals surface area contributed by atoms with Gasteiger partial charge in [-0.15, -0.1) is 0 Å². The molecule has 2 aromatic rings. The maximum absolute atomic E-state index is 12.6. The Morgan fingerprint density at radius 3 is 2.39 bits per heavy atom. The van der Waals surface area contributed by atoms with Crippen molar-refractivity contribution in [2.45, 2.75) is 32.9 Å². The number of esters is 2. The second-order valence-electron chi connectivity index (χ2n) is 8.18. The SMILES string of the molecule is COC(=O)c1ccc(COc2ccc3c(c2)CCN(C(=O)OCC(C)C)C3C(=O)OC)cc1. The van der Waals surface area contributed by atoms with Crippen LogP contribution in [0.5, 0.6) is 5.75 Å². The minimum atomic E-state index is -0.863. The molecule has 0 fully saturated rings. The van der Waals surface area contributed by atoms with E-state index in [9.17, 15) is 14.4 Å². The smallest absolute Gasteiger partial charge is 0.410 e. The van der Waals surface area contributed by atoms with Crippen LogP contribution in [0.2, 0.25) is 0 Å². The third-order valence-electron chi connectivity index (χ3n) is 5.32. The van der Waals surface area contributed by atoms with E-state index in [0.717, 1.165) is 11.1 Å². The number of hydrogen-bond donors (Lipinski definition) is 0. The van der Waals surface area contributed by atoms with Gasteiger partial charge in [-0.2, -0.15) is 0 Å². The number of carbonyl (C=O) groups is 3. The summed E-state index contributed by atoms with van der Waals surface area (Å²) in [5.41, 5.74) is 2.98. The maximum Gasteiger partial charge on any atom is 0.410 e. The van der Waals surface area contributed by atoms with Crippen molar-refractivity contribution >= 4 is 18.0 Å². The number of rotatable bonds is 7. The second kappa shape index (κ2) is 10.8. The Balaban J connectivity index is 1.73. The van der Waals surface area contributed by atoms with Gasteiger partial charge in [0.05, 0.1) is 26.4 Å². The van der Waals surface area contributed by atoms with E-state index in [4.69, 9.17) is 18.9 Å². The van der Waals surface area contributed by atoms with E-state index in [0.29, 0.717) is 36.4 Å². The molecule has 2 aromatic carbocycles. The van der Waals surface area contributed by atoms with Crippen molar-refractivity contribution in [1.82, 2.24) is 4.90 Å². The van der Waals surface area contributed by atoms with Crippen LogP contribution in [0.25, 0.3) is 0 Å². The molecule has 0 radical (unpaired) electrons. The van der Waals surface area contributed by atoms with E-state index < -0.39 is 18.1 Å². The Morgan fingerprint density at radius 1 is 1.03 bits per heavy atom. The molecule has 3 rings (SSSR count). The van der Waals surface area contributed by atoms with Crippen LogP contribution in [0.4, 0.5) is 4.79 Å². The van der Waals surface area contributed by atoms with Crippen molar-refractivity contribution in [2.24, 2.45) is 5.92 Å². The van der Waals surface area contributed by atoms with Gasteiger partial charge in [0.25, 0.3) is 0 Å². The van der Waals surface area contributed by atoms with Gasteiger partial charge < -0.3 is 18.9 Å². The van der Waals surface area contributed by atoms with Gasteiger partial charge in [0.2, 0.25) is 0 Å². The number of fused-ring (bicyclic) bond motifs is 1. The molecule has 176 valence electrons. The predicted octanol–water partition coefficient (Wildman–Crippen LogP) is 3.92. The summed E-state index contributed by atoms with van der Waals surface area (Å²) >= 11 is 0. The molecule has 1 unspecified atom stereocenters. The molecular weight excluding hydrogens is 426 g/mol. The zero-order valence-electron chi connectivity index (χ0n) is 19.3. The van der Waals surface area contributed by atoms with Crippen LogP contribution in [0.3, 0.4) is 0 Å². The van der Waals surface area contributed by atoms with Crippen LogP contribution < -0.4 is 4.74 Å². The highest BCUT2D eigenvalue weighted by atomic mass is 16.6. The number of benzene rings is 2. The van der Waals surface area contributed by atoms with Gasteiger partial charge in [0.15, 0.2) is 6.04 Å². The summed E-state index contributed by atoms with van der Waals surface area (Å²) in [6, 6.07) is 11.5. The van der Waals surface area contributed by atoms with Crippen LogP contribution in [-0.2, 0) is 32.0 Å². The Morgan fingerprint density at radius 2 is 1.76 bits per heavy atom. The molecule has 0 N–H and O–H groups in total. The largest absolute Gasteiger partial charge is 0.489 e. The molecule has 1 amide bonds. The molecule has 0 spiro atoms. The third kappa shape index (κ3) is 5.83. The first-order valence-corrected chi connectivity index (χ1v) is 10.8. The summed E-state index contributed by atoms with van der Waals surface area (Å²) < 4.78 is 20.9. The van der Waals surface area contributed by atoms with Crippen molar-refractivity contribution in [3.05, 3.63) is 64.7 Å². The van der Waals surface area contributed by atoms with Crippen LogP contribution in [-0.4, -0.2) is 50.3 Å². The third-order valence-corrected chi connectivity index (χ3v) is 5.32. The standard InChI is InChI=1S/C25H29NO7/c1-16(2)14-33-25(29)26-12-11-19-13-20(9-10-21(19)22(26)24(28)31-4)32-15-17-5-7-18(8-6-17)23(27)30-3/h5-10,13,16,22H,11-12,14-15H2,1-4H3. The highest BCUT2D eigenvalue weighted by Crippen LogP contribution is 2.34. The second-order valence-corrected chi connectivity index (χ2v) is 8.18. The van der Waals surface area contributed by atoms with E-state index in [2.05, 4.69) is 0 Å². The number of hydrogen-bond acceptors (Lipinski definition) is 7. The lowest BCUT2D eigenvalue weighted by Gasteiger charge is -2.35. The molecule has 0 aromatic heterocycles. The van der Waals surface area contributed by atoms with E-state index in [-0.39, 0.29) is 18.5 Å². The van der Waals surface area contributed by atoms with Crippen LogP contribution in [0, 0.1) is 5.92 Å². The fourth-order valence-electron chi connectivity index (χ4n) is 3.60. The molecule has 33 heavy (non-hydrogen) atoms. The summed E-state index contributed by atoms with van der Waals surface area (Å²) in [4.78, 5) is 38.1. The van der Waals surface area contributed by atoms with Gasteiger partial charge in [-0.3, -0.25) is 4.90 Å². The zero-order chi connectivity index (χ0) is 24.0. The lowest BCUT2D eigenvalue weighted by molar-refractivity contribution is -0.147. The molecule has 0 saturated heterocycles. The van der Waals surface area contributed by atoms with E-state index >= 15 is 0 Å². The van der Waals surface area contributed by atoms with Crippen LogP contribution in [0.1, 0.15) is 46.9 Å². The maximum atomic E-state index is 12.6. The van der Waals surface area contributed by atoms with Gasteiger partial charge in [-0.05, 0) is 53.3 Å². The fraction of sp³-hybridized carbons (Fsp3) is 0.400. The number of ether oxygens (including phenoxy) is 4. The zero-order valence-corrected chi connectivity index (χ0v) is 19.3. The summed E-state index contributed by atoms with van der Waals surface area (Å²) in [5.74, 6) is -0.0690. The summed E-state index contributed by atoms with van der Waals surface area (Å²) in [5, 5.41) is 0. The minimum Gasteiger partial charge on any atom is -0.489 e. The average molecular weight is 456 g/mol. The average Bonchev–Trinajstić information content (AvgIpc) is 2.84. The first-order chi connectivity index (χ1) is 15.8. The van der Waals surface area contributed by atoms with E-state index in [1.54, 1.807) is 36.4 Å². The normalized spacial score (nSPS) is 14.9. The summed E-state index contributed by atoms with van der Waals surface area (Å²) in [6.45, 7) is 4.83. The quantitative estimate of drug-likeness (QED) is 0.462. The molecule has 8 heteroatoms. The number of carbonyl (C=O) groups excluding carboxylic acids is 3. The van der Waals surface area contributed by atoms with Crippen molar-refractivity contribution < 1.29 is 33.3 Å². The molecule has 0 bridgehead atoms. The molecule has 1 heterocycles. The van der Waals surface area contributed by atoms with E-state index in [1.165, 1.54) is 19.1 Å². The fourth-order valence-corrected chi connectivity index (χ4v) is 3.60. The number of nitrogens with zero attached hydrogens (tertiary/aromatic N) is 1. The van der Waals surface area contributed by atoms with Crippen molar-refractivity contribution in [2.75, 3.05) is 27.4 Å². The number of methoxy groups -OCH3 is 2. The molecule has 8 nitrogen and oxygen atoms in total. The molecule has 1 aliphatic heterocycles. The highest BCUT2D eigenvalue weighted by molar-refractivity contribution is 5.89. The Kier molecular flexibility index (Phi) is 7.92. The van der Waals surface area contributed by atoms with Crippen LogP contribution >= 0.6 is 0 Å². The van der Waals surface area contributed by atoms with Gasteiger partial charge in [-0.25, -0.2) is 14.4 Å². The first kappa shape index (κ1) is 24.1. The van der Waals surface area contributed by atoms with Gasteiger partial charge in [0.1, 0.15) is 12.4 Å². The highest BCUT2D eigenvalue weighted by Gasteiger charge is 2.37. The molecule has 0 saturated carbocycles. The predicted molar refractivity (Wildman–Crippen MR) is 120 cm³/mol. The molecule has 1 aliphatic rings. The molecule has 0 aliphatic carbocycles. The number of amides is 1. The Bertz CT molecular complexity index is 1000. The lowest BCUT2D eigenvalue weighted by atomic mass is 9.92. The summed E-state index contributed by atoms with van der Waals surface area (Å²) in [7, 11) is 2.64. The monoisotopic (exact) mass is 455 g/mol. The first-order valence-electron chi connectivity index (χ1n) is 10.8. The molecule has 1 atom stereocenters. The lowest BCUT2D eigenvalue weighted by Crippen LogP contribution is -2.44. The summed E-state index contributed by atoms with van der Waals surface area (Å²) in [6.07, 6.45) is 0.0328. The van der Waals surface area contributed by atoms with Crippen LogP contribution in [0.15, 0.2) is 42.5 Å². The van der Waals surface area contributed by atoms with Crippen molar-refractivity contribution in [1.29, 1.82) is 0 Å². The Hall–Kier alpha value is -3.55. The molecular formula is C25H29NO7. The minimum absolute atomic E-state index is 0.194. The van der Waals surface area contributed by atoms with Gasteiger partial charge in [0, 0.05) is 6.54 Å². The van der Waals surface area contributed by atoms with Crippen molar-refractivity contribution in [3.63, 3.8) is 0 Å². The van der Waals surface area contributed by atoms with Gasteiger partial charge in [-0.1, -0.05) is 32.0 Å². The van der Waals surface area contributed by atoms with Gasteiger partial charge >= 0.3 is 18.0 Å². The van der Waals surface area contributed by atoms with Crippen molar-refractivity contribution in [3.8, 4) is 5.75 Å². The topological polar surface area (TPSA) is 91.4 Å². The van der Waals surface area contributed by atoms with E-state index in [1.807, 2.05) is 19.9 Å².